The predicted molar refractivity (Wildman–Crippen MR) is 98.4 cm³/mol. The molecule has 2 aromatic rings. The molecule has 1 atom stereocenters. The molecule has 0 saturated carbocycles. The average Bonchev–Trinajstić information content (AvgIpc) is 2.86. The van der Waals surface area contributed by atoms with Crippen LogP contribution in [0, 0.1) is 0 Å². The average molecular weight is 355 g/mol. The van der Waals surface area contributed by atoms with Gasteiger partial charge in [0.15, 0.2) is 0 Å². The number of esters is 1. The number of hydrogen-bond donors (Lipinski definition) is 1. The van der Waals surface area contributed by atoms with Crippen molar-refractivity contribution in [3.8, 4) is 5.75 Å². The summed E-state index contributed by atoms with van der Waals surface area (Å²) in [5.74, 6) is 1.11. The van der Waals surface area contributed by atoms with E-state index in [2.05, 4.69) is 11.4 Å². The van der Waals surface area contributed by atoms with Crippen molar-refractivity contribution < 1.29 is 9.53 Å². The van der Waals surface area contributed by atoms with Crippen molar-refractivity contribution in [2.75, 3.05) is 4.42 Å². The molecule has 25 heavy (non-hydrogen) atoms. The lowest BCUT2D eigenvalue weighted by Crippen LogP contribution is -2.42. The van der Waals surface area contributed by atoms with Crippen LogP contribution in [0.25, 0.3) is 0 Å². The lowest BCUT2D eigenvalue weighted by atomic mass is 9.96. The maximum absolute atomic E-state index is 12.6. The number of anilines is 1. The topological polar surface area (TPSA) is 41.6 Å². The Morgan fingerprint density at radius 3 is 2.72 bits per heavy atom. The predicted octanol–water partition coefficient (Wildman–Crippen LogP) is 4.16. The van der Waals surface area contributed by atoms with Gasteiger partial charge in [-0.1, -0.05) is 36.4 Å². The van der Waals surface area contributed by atoms with Crippen LogP contribution in [0.5, 0.6) is 5.75 Å². The minimum Gasteiger partial charge on any atom is -0.425 e. The van der Waals surface area contributed by atoms with Gasteiger partial charge in [0.05, 0.1) is 5.69 Å². The largest absolute Gasteiger partial charge is 0.425 e. The molecule has 4 rings (SSSR count). The van der Waals surface area contributed by atoms with Crippen LogP contribution in [0.2, 0.25) is 0 Å². The minimum absolute atomic E-state index is 0.274. The second-order valence-corrected chi connectivity index (χ2v) is 6.70. The summed E-state index contributed by atoms with van der Waals surface area (Å²) in [7, 11) is 0. The van der Waals surface area contributed by atoms with Gasteiger partial charge in [0.1, 0.15) is 17.6 Å². The molecule has 1 N–H and O–H groups in total. The maximum Gasteiger partial charge on any atom is 0.333 e. The Morgan fingerprint density at radius 1 is 1.12 bits per heavy atom. The van der Waals surface area contributed by atoms with Crippen molar-refractivity contribution in [1.29, 1.82) is 0 Å². The Bertz CT molecular complexity index is 819. The van der Waals surface area contributed by atoms with Crippen molar-refractivity contribution >= 4 is 23.4 Å². The van der Waals surface area contributed by atoms with Crippen LogP contribution < -0.4 is 14.5 Å². The van der Waals surface area contributed by atoms with E-state index in [0.29, 0.717) is 5.75 Å². The van der Waals surface area contributed by atoms with Crippen LogP contribution in [-0.4, -0.2) is 12.0 Å². The Hall–Kier alpha value is -2.46. The summed E-state index contributed by atoms with van der Waals surface area (Å²) in [5.41, 5.74) is 3.42. The van der Waals surface area contributed by atoms with Crippen molar-refractivity contribution in [1.82, 2.24) is 5.32 Å². The molecule has 0 saturated heterocycles. The second-order valence-electron chi connectivity index (χ2n) is 6.36. The Balaban J connectivity index is 1.55. The third kappa shape index (κ3) is 3.22. The number of para-hydroxylation sites is 2. The SMILES string of the molecule is O=C(Oc1ccccc1)C1CCCC2=C(N1)N(Cl)c1ccccc1C2. The number of carbonyl (C=O) groups is 1. The molecule has 0 aromatic heterocycles. The molecule has 2 aromatic carbocycles. The zero-order valence-corrected chi connectivity index (χ0v) is 14.5. The molecule has 0 bridgehead atoms. The quantitative estimate of drug-likeness (QED) is 0.499. The van der Waals surface area contributed by atoms with E-state index in [0.717, 1.165) is 37.2 Å². The van der Waals surface area contributed by atoms with Gasteiger partial charge in [0.2, 0.25) is 0 Å². The number of ether oxygens (including phenoxy) is 1. The first kappa shape index (κ1) is 16.0. The number of nitrogens with one attached hydrogen (secondary N) is 1. The molecule has 0 fully saturated rings. The normalized spacial score (nSPS) is 19.4. The van der Waals surface area contributed by atoms with Crippen molar-refractivity contribution in [2.24, 2.45) is 0 Å². The van der Waals surface area contributed by atoms with Crippen LogP contribution in [0.3, 0.4) is 0 Å². The number of halogens is 1. The van der Waals surface area contributed by atoms with Gasteiger partial charge in [-0.2, -0.15) is 0 Å². The molecule has 128 valence electrons. The Morgan fingerprint density at radius 2 is 1.88 bits per heavy atom. The lowest BCUT2D eigenvalue weighted by Gasteiger charge is -2.31. The van der Waals surface area contributed by atoms with E-state index in [1.807, 2.05) is 36.4 Å². The summed E-state index contributed by atoms with van der Waals surface area (Å²) >= 11 is 6.58. The highest BCUT2D eigenvalue weighted by atomic mass is 35.5. The first-order valence-electron chi connectivity index (χ1n) is 8.51. The Labute approximate surface area is 152 Å². The van der Waals surface area contributed by atoms with Crippen molar-refractivity contribution in [2.45, 2.75) is 31.7 Å². The van der Waals surface area contributed by atoms with Gasteiger partial charge in [-0.3, -0.25) is 0 Å². The third-order valence-corrected chi connectivity index (χ3v) is 5.02. The molecule has 1 unspecified atom stereocenters. The molecule has 0 spiro atoms. The fourth-order valence-electron chi connectivity index (χ4n) is 3.40. The monoisotopic (exact) mass is 354 g/mol. The Kier molecular flexibility index (Phi) is 4.36. The highest BCUT2D eigenvalue weighted by Crippen LogP contribution is 2.37. The zero-order chi connectivity index (χ0) is 17.2. The molecular weight excluding hydrogens is 336 g/mol. The van der Waals surface area contributed by atoms with Gasteiger partial charge in [0.25, 0.3) is 0 Å². The number of carbonyl (C=O) groups excluding carboxylic acids is 1. The van der Waals surface area contributed by atoms with Gasteiger partial charge in [-0.15, -0.1) is 0 Å². The first-order valence-corrected chi connectivity index (χ1v) is 8.85. The van der Waals surface area contributed by atoms with Crippen LogP contribution in [0.1, 0.15) is 24.8 Å². The number of allylic oxidation sites excluding steroid dienone is 1. The summed E-state index contributed by atoms with van der Waals surface area (Å²) in [5, 5.41) is 3.33. The van der Waals surface area contributed by atoms with Crippen LogP contribution in [0.15, 0.2) is 66.0 Å². The zero-order valence-electron chi connectivity index (χ0n) is 13.7. The third-order valence-electron chi connectivity index (χ3n) is 4.67. The number of nitrogens with zero attached hydrogens (tertiary/aromatic N) is 1. The molecule has 2 aliphatic heterocycles. The highest BCUT2D eigenvalue weighted by molar-refractivity contribution is 6.27. The molecular formula is C20H19ClN2O2. The lowest BCUT2D eigenvalue weighted by molar-refractivity contribution is -0.136. The van der Waals surface area contributed by atoms with E-state index in [9.17, 15) is 4.79 Å². The van der Waals surface area contributed by atoms with Gasteiger partial charge >= 0.3 is 5.97 Å². The number of fused-ring (bicyclic) bond motifs is 1. The van der Waals surface area contributed by atoms with Gasteiger partial charge in [-0.05, 0) is 55.0 Å². The van der Waals surface area contributed by atoms with E-state index in [1.54, 1.807) is 16.6 Å². The smallest absolute Gasteiger partial charge is 0.333 e. The molecule has 2 heterocycles. The summed E-state index contributed by atoms with van der Waals surface area (Å²) in [6.07, 6.45) is 3.43. The summed E-state index contributed by atoms with van der Waals surface area (Å²) in [6.45, 7) is 0. The molecule has 4 nitrogen and oxygen atoms in total. The van der Waals surface area contributed by atoms with Gasteiger partial charge in [-0.25, -0.2) is 9.21 Å². The van der Waals surface area contributed by atoms with E-state index >= 15 is 0 Å². The van der Waals surface area contributed by atoms with E-state index in [4.69, 9.17) is 16.5 Å². The van der Waals surface area contributed by atoms with E-state index < -0.39 is 6.04 Å². The summed E-state index contributed by atoms with van der Waals surface area (Å²) < 4.78 is 7.15. The van der Waals surface area contributed by atoms with Crippen molar-refractivity contribution in [3.05, 3.63) is 71.6 Å². The minimum atomic E-state index is -0.404. The van der Waals surface area contributed by atoms with Crippen LogP contribution in [-0.2, 0) is 11.2 Å². The fourth-order valence-corrected chi connectivity index (χ4v) is 3.73. The molecule has 0 radical (unpaired) electrons. The molecule has 2 aliphatic rings. The van der Waals surface area contributed by atoms with Crippen molar-refractivity contribution in [3.63, 3.8) is 0 Å². The fraction of sp³-hybridized carbons (Fsp3) is 0.250. The maximum atomic E-state index is 12.6. The highest BCUT2D eigenvalue weighted by Gasteiger charge is 2.31. The van der Waals surface area contributed by atoms with Crippen LogP contribution in [0.4, 0.5) is 5.69 Å². The van der Waals surface area contributed by atoms with E-state index in [-0.39, 0.29) is 5.97 Å². The first-order chi connectivity index (χ1) is 12.2. The molecule has 0 amide bonds. The van der Waals surface area contributed by atoms with Gasteiger partial charge < -0.3 is 10.1 Å². The standard InChI is InChI=1S/C20H19ClN2O2/c21-23-18-12-5-4-7-14(18)13-15-8-6-11-17(22-19(15)23)20(24)25-16-9-2-1-3-10-16/h1-5,7,9-10,12,17,22H,6,8,11,13H2. The molecule has 5 heteroatoms. The van der Waals surface area contributed by atoms with Gasteiger partial charge in [0, 0.05) is 11.8 Å². The molecule has 0 aliphatic carbocycles. The van der Waals surface area contributed by atoms with E-state index in [1.165, 1.54) is 11.1 Å². The number of hydrogen-bond acceptors (Lipinski definition) is 4. The number of rotatable bonds is 2. The number of benzene rings is 2. The summed E-state index contributed by atoms with van der Waals surface area (Å²) in [4.78, 5) is 12.6. The summed E-state index contributed by atoms with van der Waals surface area (Å²) in [6, 6.07) is 16.8. The van der Waals surface area contributed by atoms with Crippen LogP contribution >= 0.6 is 11.8 Å². The second kappa shape index (κ2) is 6.81.